The largest absolute Gasteiger partial charge is 0.369 e. The second-order valence-electron chi connectivity index (χ2n) is 3.44. The van der Waals surface area contributed by atoms with Crippen molar-refractivity contribution in [1.29, 1.82) is 0 Å². The fraction of sp³-hybridized carbons (Fsp3) is 0.200. The van der Waals surface area contributed by atoms with Gasteiger partial charge >= 0.3 is 0 Å². The Morgan fingerprint density at radius 3 is 2.53 bits per heavy atom. The molecule has 0 aliphatic carbocycles. The Morgan fingerprint density at radius 1 is 1.47 bits per heavy atom. The summed E-state index contributed by atoms with van der Waals surface area (Å²) in [6.07, 6.45) is 1.57. The van der Waals surface area contributed by atoms with E-state index in [1.165, 1.54) is 12.1 Å². The average molecular weight is 252 g/mol. The minimum Gasteiger partial charge on any atom is -0.369 e. The van der Waals surface area contributed by atoms with Crippen molar-refractivity contribution in [2.75, 3.05) is 19.4 Å². The monoisotopic (exact) mass is 252 g/mol. The Labute approximate surface area is 104 Å². The lowest BCUT2D eigenvalue weighted by Crippen LogP contribution is -2.12. The lowest BCUT2D eigenvalue weighted by Gasteiger charge is -2.05. The number of nitro groups is 1. The third-order valence-corrected chi connectivity index (χ3v) is 1.94. The lowest BCUT2D eigenvalue weighted by atomic mass is 10.3. The number of non-ortho nitro benzene ring substituents is 1. The van der Waals surface area contributed by atoms with Crippen LogP contribution in [0.3, 0.4) is 0 Å². The zero-order valence-corrected chi connectivity index (χ0v) is 10.3. The van der Waals surface area contributed by atoms with E-state index in [0.29, 0.717) is 10.8 Å². The first-order chi connectivity index (χ1) is 7.99. The van der Waals surface area contributed by atoms with E-state index in [4.69, 9.17) is 12.2 Å². The van der Waals surface area contributed by atoms with Crippen LogP contribution in [0.25, 0.3) is 0 Å². The van der Waals surface area contributed by atoms with E-state index in [9.17, 15) is 10.1 Å². The maximum atomic E-state index is 10.4. The molecule has 0 atom stereocenters. The molecule has 0 radical (unpaired) electrons. The first kappa shape index (κ1) is 13.0. The number of thiocarbonyl (C=S) groups is 1. The molecule has 0 heterocycles. The fourth-order valence-corrected chi connectivity index (χ4v) is 1.16. The summed E-state index contributed by atoms with van der Waals surface area (Å²) in [6.45, 7) is 0. The second kappa shape index (κ2) is 5.90. The standard InChI is InChI=1S/C10H12N4O2S/c1-13(2)7-11-10(17)12-8-3-5-9(6-4-8)14(15)16/h3-7H,1-2H3,(H,12,17)/b11-7+. The van der Waals surface area contributed by atoms with E-state index >= 15 is 0 Å². The molecule has 0 saturated heterocycles. The molecule has 7 heteroatoms. The van der Waals surface area contributed by atoms with Gasteiger partial charge in [0.1, 0.15) is 0 Å². The summed E-state index contributed by atoms with van der Waals surface area (Å²) < 4.78 is 0. The molecule has 0 bridgehead atoms. The van der Waals surface area contributed by atoms with E-state index in [0.717, 1.165) is 0 Å². The third kappa shape index (κ3) is 4.56. The molecule has 0 aliphatic heterocycles. The third-order valence-electron chi connectivity index (χ3n) is 1.74. The molecule has 0 aliphatic rings. The van der Waals surface area contributed by atoms with Crippen LogP contribution in [0.5, 0.6) is 0 Å². The lowest BCUT2D eigenvalue weighted by molar-refractivity contribution is -0.384. The minimum absolute atomic E-state index is 0.0401. The van der Waals surface area contributed by atoms with Crippen LogP contribution in [-0.4, -0.2) is 35.4 Å². The molecule has 0 aromatic heterocycles. The first-order valence-electron chi connectivity index (χ1n) is 4.75. The molecule has 0 amide bonds. The number of hydrogen-bond donors (Lipinski definition) is 1. The number of nitrogens with zero attached hydrogens (tertiary/aromatic N) is 3. The van der Waals surface area contributed by atoms with Gasteiger partial charge in [0.2, 0.25) is 0 Å². The number of rotatable bonds is 3. The molecular weight excluding hydrogens is 240 g/mol. The van der Waals surface area contributed by atoms with Crippen LogP contribution in [0, 0.1) is 10.1 Å². The molecule has 90 valence electrons. The summed E-state index contributed by atoms with van der Waals surface area (Å²) in [6, 6.07) is 5.96. The van der Waals surface area contributed by atoms with Gasteiger partial charge in [-0.3, -0.25) is 10.1 Å². The normalized spacial score (nSPS) is 10.2. The Bertz CT molecular complexity index is 442. The second-order valence-corrected chi connectivity index (χ2v) is 3.83. The highest BCUT2D eigenvalue weighted by molar-refractivity contribution is 7.80. The highest BCUT2D eigenvalue weighted by atomic mass is 32.1. The maximum absolute atomic E-state index is 10.4. The van der Waals surface area contributed by atoms with Crippen molar-refractivity contribution >= 4 is 35.0 Å². The van der Waals surface area contributed by atoms with Gasteiger partial charge in [0, 0.05) is 31.9 Å². The van der Waals surface area contributed by atoms with Gasteiger partial charge in [0.15, 0.2) is 5.11 Å². The zero-order valence-electron chi connectivity index (χ0n) is 9.45. The van der Waals surface area contributed by atoms with Crippen molar-refractivity contribution < 1.29 is 4.92 Å². The smallest absolute Gasteiger partial charge is 0.269 e. The van der Waals surface area contributed by atoms with Crippen LogP contribution in [0.4, 0.5) is 11.4 Å². The molecule has 1 N–H and O–H groups in total. The van der Waals surface area contributed by atoms with Gasteiger partial charge in [-0.1, -0.05) is 0 Å². The Morgan fingerprint density at radius 2 is 2.06 bits per heavy atom. The summed E-state index contributed by atoms with van der Waals surface area (Å²) in [7, 11) is 3.66. The fourth-order valence-electron chi connectivity index (χ4n) is 0.990. The van der Waals surface area contributed by atoms with Gasteiger partial charge in [-0.15, -0.1) is 0 Å². The molecule has 0 saturated carbocycles. The van der Waals surface area contributed by atoms with Crippen LogP contribution in [0.1, 0.15) is 0 Å². The van der Waals surface area contributed by atoms with Crippen LogP contribution in [-0.2, 0) is 0 Å². The molecule has 1 aromatic carbocycles. The van der Waals surface area contributed by atoms with E-state index in [-0.39, 0.29) is 5.69 Å². The van der Waals surface area contributed by atoms with E-state index in [1.807, 2.05) is 14.1 Å². The number of hydrogen-bond acceptors (Lipinski definition) is 3. The molecule has 0 unspecified atom stereocenters. The van der Waals surface area contributed by atoms with Crippen molar-refractivity contribution in [2.24, 2.45) is 4.99 Å². The van der Waals surface area contributed by atoms with Gasteiger partial charge in [-0.2, -0.15) is 0 Å². The number of anilines is 1. The van der Waals surface area contributed by atoms with Crippen LogP contribution in [0.2, 0.25) is 0 Å². The van der Waals surface area contributed by atoms with Gasteiger partial charge in [0.05, 0.1) is 11.3 Å². The zero-order chi connectivity index (χ0) is 12.8. The van der Waals surface area contributed by atoms with Crippen LogP contribution in [0.15, 0.2) is 29.3 Å². The Balaban J connectivity index is 2.63. The highest BCUT2D eigenvalue weighted by Crippen LogP contribution is 2.15. The van der Waals surface area contributed by atoms with Crippen LogP contribution >= 0.6 is 12.2 Å². The summed E-state index contributed by atoms with van der Waals surface area (Å²) >= 11 is 4.97. The minimum atomic E-state index is -0.452. The predicted octanol–water partition coefficient (Wildman–Crippen LogP) is 1.88. The van der Waals surface area contributed by atoms with E-state index < -0.39 is 4.92 Å². The summed E-state index contributed by atoms with van der Waals surface area (Å²) in [4.78, 5) is 15.7. The van der Waals surface area contributed by atoms with Crippen molar-refractivity contribution in [1.82, 2.24) is 4.90 Å². The number of nitro benzene ring substituents is 1. The predicted molar refractivity (Wildman–Crippen MR) is 71.5 cm³/mol. The molecule has 1 rings (SSSR count). The van der Waals surface area contributed by atoms with Crippen molar-refractivity contribution in [3.63, 3.8) is 0 Å². The molecular formula is C10H12N4O2S. The summed E-state index contributed by atoms with van der Waals surface area (Å²) in [5.41, 5.74) is 0.703. The van der Waals surface area contributed by atoms with Crippen molar-refractivity contribution in [3.8, 4) is 0 Å². The van der Waals surface area contributed by atoms with E-state index in [1.54, 1.807) is 23.4 Å². The average Bonchev–Trinajstić information content (AvgIpc) is 2.27. The maximum Gasteiger partial charge on any atom is 0.269 e. The Kier molecular flexibility index (Phi) is 4.53. The SMILES string of the molecule is CN(C)/C=N/C(=S)Nc1ccc([N+](=O)[O-])cc1. The van der Waals surface area contributed by atoms with E-state index in [2.05, 4.69) is 10.3 Å². The van der Waals surface area contributed by atoms with Gasteiger partial charge < -0.3 is 10.2 Å². The molecule has 6 nitrogen and oxygen atoms in total. The van der Waals surface area contributed by atoms with Crippen LogP contribution < -0.4 is 5.32 Å². The number of benzene rings is 1. The topological polar surface area (TPSA) is 70.8 Å². The highest BCUT2D eigenvalue weighted by Gasteiger charge is 2.03. The molecule has 1 aromatic rings. The van der Waals surface area contributed by atoms with Gasteiger partial charge in [-0.25, -0.2) is 4.99 Å². The number of aliphatic imine (C=N–C) groups is 1. The number of nitrogens with one attached hydrogen (secondary N) is 1. The first-order valence-corrected chi connectivity index (χ1v) is 5.16. The Hall–Kier alpha value is -2.02. The summed E-state index contributed by atoms with van der Waals surface area (Å²) in [5.74, 6) is 0. The molecule has 0 spiro atoms. The molecule has 0 fully saturated rings. The quantitative estimate of drug-likeness (QED) is 0.292. The van der Waals surface area contributed by atoms with Crippen molar-refractivity contribution in [3.05, 3.63) is 34.4 Å². The summed E-state index contributed by atoms with van der Waals surface area (Å²) in [5, 5.41) is 13.6. The van der Waals surface area contributed by atoms with Gasteiger partial charge in [0.25, 0.3) is 5.69 Å². The van der Waals surface area contributed by atoms with Gasteiger partial charge in [-0.05, 0) is 24.4 Å². The van der Waals surface area contributed by atoms with Crippen molar-refractivity contribution in [2.45, 2.75) is 0 Å². The molecule has 17 heavy (non-hydrogen) atoms.